The van der Waals surface area contributed by atoms with E-state index >= 15 is 0 Å². The van der Waals surface area contributed by atoms with Crippen LogP contribution in [0.1, 0.15) is 0 Å². The first-order valence-electron chi connectivity index (χ1n) is 4.07. The van der Waals surface area contributed by atoms with Crippen LogP contribution in [0.2, 0.25) is 0 Å². The molecule has 1 rings (SSSR count). The minimum absolute atomic E-state index is 0.503. The Hall–Kier alpha value is -1.29. The number of carboxylic acids is 1. The number of anilines is 1. The highest BCUT2D eigenvalue weighted by Crippen LogP contribution is 2.15. The van der Waals surface area contributed by atoms with Crippen LogP contribution in [0.5, 0.6) is 0 Å². The summed E-state index contributed by atoms with van der Waals surface area (Å²) in [6, 6.07) is 7.68. The van der Waals surface area contributed by atoms with Gasteiger partial charge in [-0.25, -0.2) is 4.79 Å². The first kappa shape index (κ1) is 10.8. The van der Waals surface area contributed by atoms with Gasteiger partial charge in [-0.1, -0.05) is 28.1 Å². The highest BCUT2D eigenvalue weighted by Gasteiger charge is 1.90. The second-order valence-corrected chi connectivity index (χ2v) is 3.55. The molecule has 0 radical (unpaired) electrons. The van der Waals surface area contributed by atoms with E-state index in [1.54, 1.807) is 6.08 Å². The lowest BCUT2D eigenvalue weighted by molar-refractivity contribution is -0.131. The number of hydrogen-bond donors (Lipinski definition) is 2. The fourth-order valence-electron chi connectivity index (χ4n) is 0.935. The molecular weight excluding hydrogens is 246 g/mol. The molecule has 0 heterocycles. The molecule has 0 aliphatic heterocycles. The molecule has 2 N–H and O–H groups in total. The molecule has 1 aromatic rings. The maximum absolute atomic E-state index is 10.1. The summed E-state index contributed by atoms with van der Waals surface area (Å²) >= 11 is 3.34. The molecule has 1 aromatic carbocycles. The Morgan fingerprint density at radius 2 is 2.36 bits per heavy atom. The average molecular weight is 256 g/mol. The fourth-order valence-corrected chi connectivity index (χ4v) is 1.33. The Morgan fingerprint density at radius 3 is 3.00 bits per heavy atom. The second-order valence-electron chi connectivity index (χ2n) is 2.63. The Labute approximate surface area is 90.6 Å². The van der Waals surface area contributed by atoms with Crippen LogP contribution in [0.4, 0.5) is 5.69 Å². The predicted molar refractivity (Wildman–Crippen MR) is 59.4 cm³/mol. The van der Waals surface area contributed by atoms with Crippen LogP contribution in [0.25, 0.3) is 0 Å². The van der Waals surface area contributed by atoms with E-state index in [2.05, 4.69) is 21.2 Å². The van der Waals surface area contributed by atoms with Crippen LogP contribution in [-0.4, -0.2) is 17.6 Å². The van der Waals surface area contributed by atoms with E-state index < -0.39 is 5.97 Å². The number of halogens is 1. The molecule has 0 saturated carbocycles. The molecule has 0 aliphatic rings. The van der Waals surface area contributed by atoms with Gasteiger partial charge in [0, 0.05) is 22.8 Å². The number of nitrogens with one attached hydrogen (secondary N) is 1. The molecule has 0 saturated heterocycles. The number of hydrogen-bond acceptors (Lipinski definition) is 2. The molecule has 14 heavy (non-hydrogen) atoms. The Morgan fingerprint density at radius 1 is 1.57 bits per heavy atom. The molecule has 0 amide bonds. The molecule has 4 heteroatoms. The van der Waals surface area contributed by atoms with Gasteiger partial charge in [-0.2, -0.15) is 0 Å². The lowest BCUT2D eigenvalue weighted by atomic mass is 10.3. The Kier molecular flexibility index (Phi) is 4.19. The monoisotopic (exact) mass is 255 g/mol. The second kappa shape index (κ2) is 5.44. The quantitative estimate of drug-likeness (QED) is 0.814. The summed E-state index contributed by atoms with van der Waals surface area (Å²) in [5, 5.41) is 11.4. The molecule has 0 bridgehead atoms. The van der Waals surface area contributed by atoms with Crippen molar-refractivity contribution in [1.29, 1.82) is 0 Å². The Balaban J connectivity index is 2.42. The third-order valence-electron chi connectivity index (χ3n) is 1.51. The van der Waals surface area contributed by atoms with Crippen molar-refractivity contribution in [1.82, 2.24) is 0 Å². The maximum atomic E-state index is 10.1. The topological polar surface area (TPSA) is 49.3 Å². The van der Waals surface area contributed by atoms with Gasteiger partial charge in [-0.05, 0) is 18.2 Å². The number of aliphatic carboxylic acids is 1. The van der Waals surface area contributed by atoms with Gasteiger partial charge in [0.05, 0.1) is 0 Å². The van der Waals surface area contributed by atoms with E-state index in [0.29, 0.717) is 6.54 Å². The van der Waals surface area contributed by atoms with Crippen molar-refractivity contribution in [3.8, 4) is 0 Å². The van der Waals surface area contributed by atoms with Crippen molar-refractivity contribution in [2.75, 3.05) is 11.9 Å². The van der Waals surface area contributed by atoms with E-state index in [4.69, 9.17) is 5.11 Å². The molecule has 0 aromatic heterocycles. The highest BCUT2D eigenvalue weighted by molar-refractivity contribution is 9.10. The van der Waals surface area contributed by atoms with Gasteiger partial charge in [-0.3, -0.25) is 0 Å². The molecule has 0 spiro atoms. The van der Waals surface area contributed by atoms with Crippen molar-refractivity contribution in [2.45, 2.75) is 0 Å². The van der Waals surface area contributed by atoms with Crippen molar-refractivity contribution in [2.24, 2.45) is 0 Å². The highest BCUT2D eigenvalue weighted by atomic mass is 79.9. The van der Waals surface area contributed by atoms with Gasteiger partial charge in [0.25, 0.3) is 0 Å². The molecular formula is C10H10BrNO2. The molecule has 74 valence electrons. The third-order valence-corrected chi connectivity index (χ3v) is 2.00. The number of benzene rings is 1. The zero-order valence-corrected chi connectivity index (χ0v) is 8.99. The fraction of sp³-hybridized carbons (Fsp3) is 0.100. The molecule has 0 atom stereocenters. The van der Waals surface area contributed by atoms with Crippen molar-refractivity contribution in [3.63, 3.8) is 0 Å². The van der Waals surface area contributed by atoms with Crippen LogP contribution in [0, 0.1) is 0 Å². The minimum atomic E-state index is -0.930. The standard InChI is InChI=1S/C10H10BrNO2/c11-8-3-1-4-9(7-8)12-6-2-5-10(13)14/h1-5,7,12H,6H2,(H,13,14)/b5-2+. The van der Waals surface area contributed by atoms with Crippen LogP contribution in [0.15, 0.2) is 40.9 Å². The van der Waals surface area contributed by atoms with E-state index in [9.17, 15) is 4.79 Å². The molecule has 0 aliphatic carbocycles. The van der Waals surface area contributed by atoms with E-state index in [0.717, 1.165) is 16.2 Å². The number of carboxylic acid groups (broad SMARTS) is 1. The summed E-state index contributed by atoms with van der Waals surface area (Å²) in [6.07, 6.45) is 2.67. The van der Waals surface area contributed by atoms with Gasteiger partial charge in [0.15, 0.2) is 0 Å². The summed E-state index contributed by atoms with van der Waals surface area (Å²) in [6.45, 7) is 0.503. The van der Waals surface area contributed by atoms with E-state index in [1.807, 2.05) is 24.3 Å². The van der Waals surface area contributed by atoms with Crippen LogP contribution in [-0.2, 0) is 4.79 Å². The average Bonchev–Trinajstić information content (AvgIpc) is 2.12. The smallest absolute Gasteiger partial charge is 0.328 e. The first-order valence-corrected chi connectivity index (χ1v) is 4.86. The van der Waals surface area contributed by atoms with E-state index in [1.165, 1.54) is 0 Å². The van der Waals surface area contributed by atoms with Crippen LogP contribution < -0.4 is 5.32 Å². The zero-order valence-electron chi connectivity index (χ0n) is 7.40. The summed E-state index contributed by atoms with van der Waals surface area (Å²) in [7, 11) is 0. The molecule has 3 nitrogen and oxygen atoms in total. The first-order chi connectivity index (χ1) is 6.68. The van der Waals surface area contributed by atoms with Crippen molar-refractivity contribution >= 4 is 27.6 Å². The largest absolute Gasteiger partial charge is 0.478 e. The van der Waals surface area contributed by atoms with Crippen LogP contribution in [0.3, 0.4) is 0 Å². The normalized spacial score (nSPS) is 10.4. The van der Waals surface area contributed by atoms with Gasteiger partial charge in [0.1, 0.15) is 0 Å². The van der Waals surface area contributed by atoms with Crippen LogP contribution >= 0.6 is 15.9 Å². The summed E-state index contributed by atoms with van der Waals surface area (Å²) in [4.78, 5) is 10.1. The third kappa shape index (κ3) is 4.09. The number of rotatable bonds is 4. The number of carbonyl (C=O) groups is 1. The summed E-state index contributed by atoms with van der Waals surface area (Å²) in [5.41, 5.74) is 0.953. The van der Waals surface area contributed by atoms with Gasteiger partial charge < -0.3 is 10.4 Å². The Bertz CT molecular complexity index is 350. The maximum Gasteiger partial charge on any atom is 0.328 e. The summed E-state index contributed by atoms with van der Waals surface area (Å²) < 4.78 is 0.990. The van der Waals surface area contributed by atoms with Gasteiger partial charge in [-0.15, -0.1) is 0 Å². The molecule has 0 fully saturated rings. The van der Waals surface area contributed by atoms with E-state index in [-0.39, 0.29) is 0 Å². The zero-order chi connectivity index (χ0) is 10.4. The van der Waals surface area contributed by atoms with Crippen molar-refractivity contribution < 1.29 is 9.90 Å². The van der Waals surface area contributed by atoms with Gasteiger partial charge >= 0.3 is 5.97 Å². The summed E-state index contributed by atoms with van der Waals surface area (Å²) in [5.74, 6) is -0.930. The van der Waals surface area contributed by atoms with Crippen molar-refractivity contribution in [3.05, 3.63) is 40.9 Å². The van der Waals surface area contributed by atoms with Gasteiger partial charge in [0.2, 0.25) is 0 Å². The molecule has 0 unspecified atom stereocenters. The minimum Gasteiger partial charge on any atom is -0.478 e. The lowest BCUT2D eigenvalue weighted by Gasteiger charge is -2.02. The SMILES string of the molecule is O=C(O)/C=C/CNc1cccc(Br)c1. The predicted octanol–water partition coefficient (Wildman–Crippen LogP) is 2.50. The lowest BCUT2D eigenvalue weighted by Crippen LogP contribution is -1.99.